The summed E-state index contributed by atoms with van der Waals surface area (Å²) in [6.45, 7) is 14.4. The monoisotopic (exact) mass is 382 g/mol. The van der Waals surface area contributed by atoms with Gasteiger partial charge in [0.15, 0.2) is 0 Å². The van der Waals surface area contributed by atoms with Crippen LogP contribution in [0, 0.1) is 5.41 Å². The smallest absolute Gasteiger partial charge is 0.0700 e. The zero-order valence-electron chi connectivity index (χ0n) is 13.3. The highest BCUT2D eigenvalue weighted by atomic mass is 79.9. The van der Waals surface area contributed by atoms with Gasteiger partial charge in [0.05, 0.1) is 0 Å². The molecule has 1 aromatic rings. The van der Waals surface area contributed by atoms with Crippen molar-refractivity contribution in [3.05, 3.63) is 20.1 Å². The van der Waals surface area contributed by atoms with Crippen molar-refractivity contribution in [3.8, 4) is 0 Å². The third-order valence-corrected chi connectivity index (χ3v) is 8.74. The minimum absolute atomic E-state index is 0.171. The lowest BCUT2D eigenvalue weighted by atomic mass is 9.58. The van der Waals surface area contributed by atoms with Crippen LogP contribution in [0.15, 0.2) is 8.95 Å². The molecule has 0 aromatic heterocycles. The quantitative estimate of drug-likeness (QED) is 0.603. The van der Waals surface area contributed by atoms with Crippen LogP contribution in [0.2, 0.25) is 0 Å². The zero-order chi connectivity index (χ0) is 15.0. The van der Waals surface area contributed by atoms with Gasteiger partial charge in [-0.1, -0.05) is 84.3 Å². The van der Waals surface area contributed by atoms with Crippen LogP contribution >= 0.6 is 31.9 Å². The molecule has 0 spiro atoms. The average molecular weight is 384 g/mol. The van der Waals surface area contributed by atoms with E-state index in [0.717, 1.165) is 0 Å². The Morgan fingerprint density at radius 3 is 1.21 bits per heavy atom. The summed E-state index contributed by atoms with van der Waals surface area (Å²) in [4.78, 5) is 0. The maximum absolute atomic E-state index is 3.76. The zero-order valence-corrected chi connectivity index (χ0v) is 16.4. The number of benzene rings is 1. The minimum Gasteiger partial charge on any atom is -0.0700 e. The van der Waals surface area contributed by atoms with Crippen LogP contribution in [0.3, 0.4) is 0 Å². The van der Waals surface area contributed by atoms with Gasteiger partial charge >= 0.3 is 0 Å². The van der Waals surface area contributed by atoms with Crippen molar-refractivity contribution in [2.45, 2.75) is 52.4 Å². The Kier molecular flexibility index (Phi) is 3.44. The van der Waals surface area contributed by atoms with Gasteiger partial charge in [-0.05, 0) is 27.4 Å². The second kappa shape index (κ2) is 4.16. The van der Waals surface area contributed by atoms with Crippen LogP contribution in [-0.2, 0) is 10.8 Å². The van der Waals surface area contributed by atoms with E-state index in [1.807, 2.05) is 0 Å². The number of hydrogen-bond donors (Lipinski definition) is 0. The van der Waals surface area contributed by atoms with Crippen LogP contribution in [0.1, 0.15) is 52.7 Å². The van der Waals surface area contributed by atoms with Crippen molar-refractivity contribution in [2.24, 2.45) is 5.41 Å². The van der Waals surface area contributed by atoms with Gasteiger partial charge in [0.25, 0.3) is 0 Å². The van der Waals surface area contributed by atoms with E-state index >= 15 is 0 Å². The van der Waals surface area contributed by atoms with E-state index in [4.69, 9.17) is 0 Å². The van der Waals surface area contributed by atoms with E-state index in [2.05, 4.69) is 89.1 Å². The highest BCUT2D eigenvalue weighted by Crippen LogP contribution is 2.60. The van der Waals surface area contributed by atoms with Gasteiger partial charge < -0.3 is 0 Å². The van der Waals surface area contributed by atoms with Gasteiger partial charge in [-0.3, -0.25) is 0 Å². The van der Waals surface area contributed by atoms with Crippen molar-refractivity contribution in [3.63, 3.8) is 0 Å². The molecule has 0 unspecified atom stereocenters. The summed E-state index contributed by atoms with van der Waals surface area (Å²) in [5.74, 6) is 0. The molecule has 0 radical (unpaired) electrons. The summed E-state index contributed by atoms with van der Waals surface area (Å²) in [6, 6.07) is 0. The largest absolute Gasteiger partial charge is 0.141 e. The Morgan fingerprint density at radius 2 is 0.947 bits per heavy atom. The molecule has 0 atom stereocenters. The number of fused-ring (bicyclic) bond motifs is 1. The first kappa shape index (κ1) is 15.7. The normalized spacial score (nSPS) is 22.3. The Bertz CT molecular complexity index is 523. The summed E-state index contributed by atoms with van der Waals surface area (Å²) >= 11 is 7.53. The lowest BCUT2D eigenvalue weighted by molar-refractivity contribution is 0.125. The van der Waals surface area contributed by atoms with E-state index in [9.17, 15) is 0 Å². The molecule has 19 heavy (non-hydrogen) atoms. The van der Waals surface area contributed by atoms with Crippen molar-refractivity contribution in [2.75, 3.05) is 0 Å². The highest BCUT2D eigenvalue weighted by molar-refractivity contribution is 9.13. The lowest BCUT2D eigenvalue weighted by Crippen LogP contribution is -2.43. The molecule has 0 N–H and O–H groups in total. The topological polar surface area (TPSA) is 0 Å². The summed E-state index contributed by atoms with van der Waals surface area (Å²) in [7, 11) is 4.48. The molecule has 0 nitrogen and oxygen atoms in total. The van der Waals surface area contributed by atoms with Crippen LogP contribution in [-0.4, -0.2) is 15.7 Å². The summed E-state index contributed by atoms with van der Waals surface area (Å²) < 4.78 is 2.43. The van der Waals surface area contributed by atoms with Gasteiger partial charge in [0, 0.05) is 8.95 Å². The second-order valence-corrected chi connectivity index (χ2v) is 9.09. The highest BCUT2D eigenvalue weighted by Gasteiger charge is 2.58. The fraction of sp³-hybridized carbons (Fsp3) is 0.600. The molecule has 0 bridgehead atoms. The van der Waals surface area contributed by atoms with E-state index in [1.165, 1.54) is 31.0 Å². The minimum atomic E-state index is 0.171. The molecule has 2 rings (SSSR count). The molecule has 0 amide bonds. The van der Waals surface area contributed by atoms with E-state index in [0.29, 0.717) is 0 Å². The maximum atomic E-state index is 3.76. The van der Waals surface area contributed by atoms with Gasteiger partial charge in [-0.2, -0.15) is 0 Å². The van der Waals surface area contributed by atoms with Gasteiger partial charge in [-0.25, -0.2) is 0 Å². The molecule has 0 aliphatic heterocycles. The molecule has 0 saturated carbocycles. The molecule has 0 fully saturated rings. The maximum Gasteiger partial charge on any atom is 0.141 e. The Morgan fingerprint density at radius 1 is 0.684 bits per heavy atom. The first-order valence-corrected chi connectivity index (χ1v) is 8.46. The fourth-order valence-corrected chi connectivity index (χ4v) is 4.88. The molecule has 1 aromatic carbocycles. The van der Waals surface area contributed by atoms with E-state index in [-0.39, 0.29) is 16.2 Å². The fourth-order valence-electron chi connectivity index (χ4n) is 3.89. The van der Waals surface area contributed by atoms with Crippen LogP contribution < -0.4 is 10.9 Å². The van der Waals surface area contributed by atoms with Gasteiger partial charge in [-0.15, -0.1) is 0 Å². The van der Waals surface area contributed by atoms with Crippen LogP contribution in [0.25, 0.3) is 0 Å². The van der Waals surface area contributed by atoms with Crippen molar-refractivity contribution >= 4 is 58.5 Å². The van der Waals surface area contributed by atoms with Crippen molar-refractivity contribution in [1.29, 1.82) is 0 Å². The van der Waals surface area contributed by atoms with Gasteiger partial charge in [0.1, 0.15) is 15.7 Å². The molecule has 4 heteroatoms. The van der Waals surface area contributed by atoms with Crippen molar-refractivity contribution < 1.29 is 0 Å². The lowest BCUT2D eigenvalue weighted by Gasteiger charge is -2.45. The summed E-state index contributed by atoms with van der Waals surface area (Å²) in [6.07, 6.45) is 0. The molecule has 1 aliphatic rings. The Labute approximate surface area is 136 Å². The first-order valence-electron chi connectivity index (χ1n) is 6.88. The first-order chi connectivity index (χ1) is 8.39. The number of halogens is 2. The number of hydrogen-bond acceptors (Lipinski definition) is 0. The molecule has 1 aliphatic carbocycles. The third-order valence-electron chi connectivity index (χ3n) is 6.23. The van der Waals surface area contributed by atoms with E-state index < -0.39 is 0 Å². The van der Waals surface area contributed by atoms with Crippen LogP contribution in [0.5, 0.6) is 0 Å². The average Bonchev–Trinajstić information content (AvgIpc) is 2.39. The predicted molar refractivity (Wildman–Crippen MR) is 98.0 cm³/mol. The predicted octanol–water partition coefficient (Wildman–Crippen LogP) is 2.32. The molecule has 0 saturated heterocycles. The third kappa shape index (κ3) is 1.65. The Balaban J connectivity index is 3.02. The molecular weight excluding hydrogens is 362 g/mol. The van der Waals surface area contributed by atoms with Gasteiger partial charge in [0.2, 0.25) is 0 Å². The van der Waals surface area contributed by atoms with Crippen molar-refractivity contribution in [1.82, 2.24) is 0 Å². The molecule has 0 heterocycles. The standard InChI is InChI=1S/C15H22B2Br2/c1-13(2)7-8(14(3,4)15(13,5)6)10(17)12(19)11(18)9(7)16/h16-17H2,1-6H3. The molecule has 102 valence electrons. The summed E-state index contributed by atoms with van der Waals surface area (Å²) in [5.41, 5.74) is 6.41. The molecular formula is C15H22B2Br2. The van der Waals surface area contributed by atoms with E-state index in [1.54, 1.807) is 0 Å². The number of rotatable bonds is 0. The Hall–Kier alpha value is 0.310. The second-order valence-electron chi connectivity index (χ2n) is 7.50. The summed E-state index contributed by atoms with van der Waals surface area (Å²) in [5, 5.41) is 0. The van der Waals surface area contributed by atoms with Crippen LogP contribution in [0.4, 0.5) is 0 Å². The SMILES string of the molecule is Bc1c(Br)c(Br)c(B)c2c1C(C)(C)C(C)(C)C2(C)C.